The minimum absolute atomic E-state index is 0.0152. The van der Waals surface area contributed by atoms with Gasteiger partial charge in [0.05, 0.1) is 5.56 Å². The number of nitrogens with zero attached hydrogens (tertiary/aromatic N) is 3. The highest BCUT2D eigenvalue weighted by atomic mass is 19.1. The number of benzene rings is 2. The number of hydrogen-bond donors (Lipinski definition) is 0. The van der Waals surface area contributed by atoms with E-state index in [2.05, 4.69) is 4.99 Å². The number of carbonyl (C=O) groups is 3. The number of halogens is 1. The first-order chi connectivity index (χ1) is 15.5. The maximum Gasteiger partial charge on any atom is 0.256 e. The van der Waals surface area contributed by atoms with Crippen molar-refractivity contribution in [2.75, 3.05) is 32.7 Å². The van der Waals surface area contributed by atoms with Gasteiger partial charge in [-0.3, -0.25) is 19.4 Å². The minimum Gasteiger partial charge on any atom is -0.339 e. The second kappa shape index (κ2) is 8.30. The molecule has 0 N–H and O–H groups in total. The number of Topliss-reactive ketones (excluding diaryl/α,β-unsaturated/α-hetero) is 1. The molecular formula is C25H24FN3O3. The molecule has 0 spiro atoms. The van der Waals surface area contributed by atoms with Gasteiger partial charge in [0, 0.05) is 55.4 Å². The number of ketones is 1. The van der Waals surface area contributed by atoms with Crippen LogP contribution in [0.3, 0.4) is 0 Å². The fourth-order valence-electron chi connectivity index (χ4n) is 4.40. The van der Waals surface area contributed by atoms with Crippen molar-refractivity contribution in [1.82, 2.24) is 9.80 Å². The lowest BCUT2D eigenvalue weighted by Gasteiger charge is -2.35. The molecule has 2 aliphatic heterocycles. The third-order valence-electron chi connectivity index (χ3n) is 6.39. The number of carbonyl (C=O) groups excluding carboxylic acids is 3. The Hall–Kier alpha value is -3.35. The van der Waals surface area contributed by atoms with Crippen molar-refractivity contribution >= 4 is 23.3 Å². The third kappa shape index (κ3) is 3.95. The highest BCUT2D eigenvalue weighted by molar-refractivity contribution is 6.15. The summed E-state index contributed by atoms with van der Waals surface area (Å²) in [5.74, 6) is -0.592. The maximum absolute atomic E-state index is 14.6. The summed E-state index contributed by atoms with van der Waals surface area (Å²) in [6.07, 6.45) is 2.33. The van der Waals surface area contributed by atoms with E-state index in [0.717, 1.165) is 29.7 Å². The summed E-state index contributed by atoms with van der Waals surface area (Å²) in [5, 5.41) is 0. The van der Waals surface area contributed by atoms with Gasteiger partial charge >= 0.3 is 0 Å². The van der Waals surface area contributed by atoms with E-state index in [1.807, 2.05) is 23.1 Å². The van der Waals surface area contributed by atoms with E-state index < -0.39 is 5.82 Å². The van der Waals surface area contributed by atoms with Crippen LogP contribution in [0.25, 0.3) is 0 Å². The van der Waals surface area contributed by atoms with Gasteiger partial charge in [0.25, 0.3) is 5.91 Å². The van der Waals surface area contributed by atoms with Crippen molar-refractivity contribution in [2.24, 2.45) is 10.9 Å². The highest BCUT2D eigenvalue weighted by Crippen LogP contribution is 2.31. The summed E-state index contributed by atoms with van der Waals surface area (Å²) in [7, 11) is 0. The number of hydrogen-bond acceptors (Lipinski definition) is 4. The molecule has 0 bridgehead atoms. The van der Waals surface area contributed by atoms with Crippen molar-refractivity contribution in [2.45, 2.75) is 19.3 Å². The fraction of sp³-hybridized carbons (Fsp3) is 0.360. The molecule has 2 amide bonds. The van der Waals surface area contributed by atoms with Gasteiger partial charge in [-0.05, 0) is 30.5 Å². The van der Waals surface area contributed by atoms with Crippen LogP contribution in [0.4, 0.5) is 4.39 Å². The molecule has 0 aromatic heterocycles. The molecule has 2 aromatic carbocycles. The Morgan fingerprint density at radius 3 is 2.38 bits per heavy atom. The first kappa shape index (κ1) is 20.5. The van der Waals surface area contributed by atoms with Crippen molar-refractivity contribution in [3.8, 4) is 0 Å². The first-order valence-electron chi connectivity index (χ1n) is 11.0. The van der Waals surface area contributed by atoms with Crippen molar-refractivity contribution < 1.29 is 18.8 Å². The topological polar surface area (TPSA) is 70.1 Å². The second-order valence-corrected chi connectivity index (χ2v) is 8.61. The van der Waals surface area contributed by atoms with Crippen LogP contribution in [0.15, 0.2) is 47.5 Å². The maximum atomic E-state index is 14.6. The van der Waals surface area contributed by atoms with Gasteiger partial charge in [-0.1, -0.05) is 30.3 Å². The molecule has 2 heterocycles. The minimum atomic E-state index is -0.559. The molecule has 5 rings (SSSR count). The van der Waals surface area contributed by atoms with E-state index in [-0.39, 0.29) is 35.6 Å². The number of aliphatic imine (C=N–C) groups is 1. The largest absolute Gasteiger partial charge is 0.339 e. The molecular weight excluding hydrogens is 409 g/mol. The number of fused-ring (bicyclic) bond motifs is 1. The SMILES string of the molecule is O=C1CN=C(Cc2ccc(F)c(C(=O)N3CCN(C(=O)C4CC4)CC3)c2)c2ccccc21. The Labute approximate surface area is 185 Å². The molecule has 7 heteroatoms. The first-order valence-corrected chi connectivity index (χ1v) is 11.0. The Balaban J connectivity index is 1.31. The van der Waals surface area contributed by atoms with Crippen LogP contribution in [0.5, 0.6) is 0 Å². The summed E-state index contributed by atoms with van der Waals surface area (Å²) in [6, 6.07) is 11.9. The van der Waals surface area contributed by atoms with E-state index in [9.17, 15) is 18.8 Å². The van der Waals surface area contributed by atoms with Crippen molar-refractivity contribution in [3.63, 3.8) is 0 Å². The van der Waals surface area contributed by atoms with Crippen LogP contribution in [0.1, 0.15) is 44.7 Å². The van der Waals surface area contributed by atoms with Gasteiger partial charge in [0.15, 0.2) is 5.78 Å². The second-order valence-electron chi connectivity index (χ2n) is 8.61. The van der Waals surface area contributed by atoms with Gasteiger partial charge in [-0.15, -0.1) is 0 Å². The number of piperazine rings is 1. The van der Waals surface area contributed by atoms with Gasteiger partial charge < -0.3 is 9.80 Å². The van der Waals surface area contributed by atoms with E-state index in [1.165, 1.54) is 6.07 Å². The Morgan fingerprint density at radius 1 is 0.969 bits per heavy atom. The molecule has 1 aliphatic carbocycles. The van der Waals surface area contributed by atoms with Crippen LogP contribution >= 0.6 is 0 Å². The molecule has 2 aromatic rings. The number of rotatable bonds is 4. The van der Waals surface area contributed by atoms with Crippen molar-refractivity contribution in [3.05, 3.63) is 70.5 Å². The molecule has 32 heavy (non-hydrogen) atoms. The van der Waals surface area contributed by atoms with Crippen molar-refractivity contribution in [1.29, 1.82) is 0 Å². The normalized spacial score (nSPS) is 18.3. The molecule has 1 saturated carbocycles. The van der Waals surface area contributed by atoms with Crippen LogP contribution in [0, 0.1) is 11.7 Å². The summed E-state index contributed by atoms with van der Waals surface area (Å²) in [5.41, 5.74) is 3.00. The monoisotopic (exact) mass is 433 g/mol. The third-order valence-corrected chi connectivity index (χ3v) is 6.39. The quantitative estimate of drug-likeness (QED) is 0.745. The molecule has 2 fully saturated rings. The average molecular weight is 433 g/mol. The van der Waals surface area contributed by atoms with Gasteiger partial charge in [0.2, 0.25) is 5.91 Å². The Bertz CT molecular complexity index is 1130. The lowest BCUT2D eigenvalue weighted by molar-refractivity contribution is -0.134. The molecule has 0 radical (unpaired) electrons. The summed E-state index contributed by atoms with van der Waals surface area (Å²) < 4.78 is 14.6. The fourth-order valence-corrected chi connectivity index (χ4v) is 4.40. The van der Waals surface area contributed by atoms with Crippen LogP contribution in [-0.2, 0) is 11.2 Å². The summed E-state index contributed by atoms with van der Waals surface area (Å²) >= 11 is 0. The van der Waals surface area contributed by atoms with E-state index >= 15 is 0 Å². The van der Waals surface area contributed by atoms with Crippen LogP contribution in [0.2, 0.25) is 0 Å². The molecule has 0 unspecified atom stereocenters. The predicted octanol–water partition coefficient (Wildman–Crippen LogP) is 2.75. The van der Waals surface area contributed by atoms with Crippen LogP contribution in [-0.4, -0.2) is 65.8 Å². The van der Waals surface area contributed by atoms with Gasteiger partial charge in [-0.25, -0.2) is 4.39 Å². The predicted molar refractivity (Wildman–Crippen MR) is 117 cm³/mol. The molecule has 0 atom stereocenters. The Morgan fingerprint density at radius 2 is 1.66 bits per heavy atom. The molecule has 3 aliphatic rings. The zero-order valence-corrected chi connectivity index (χ0v) is 17.7. The molecule has 164 valence electrons. The van der Waals surface area contributed by atoms with Gasteiger partial charge in [-0.2, -0.15) is 0 Å². The standard InChI is InChI=1S/C25H24FN3O3/c26-21-8-5-16(14-22-18-3-1-2-4-19(18)23(30)15-27-22)13-20(21)25(32)29-11-9-28(10-12-29)24(31)17-6-7-17/h1-5,8,13,17H,6-7,9-12,14-15H2. The lowest BCUT2D eigenvalue weighted by Crippen LogP contribution is -2.51. The zero-order valence-electron chi connectivity index (χ0n) is 17.7. The summed E-state index contributed by atoms with van der Waals surface area (Å²) in [4.78, 5) is 45.2. The molecule has 1 saturated heterocycles. The smallest absolute Gasteiger partial charge is 0.256 e. The van der Waals surface area contributed by atoms with Crippen LogP contribution < -0.4 is 0 Å². The Kier molecular flexibility index (Phi) is 5.33. The van der Waals surface area contributed by atoms with Gasteiger partial charge in [0.1, 0.15) is 12.4 Å². The van der Waals surface area contributed by atoms with E-state index in [1.54, 1.807) is 23.1 Å². The van der Waals surface area contributed by atoms with E-state index in [0.29, 0.717) is 38.2 Å². The number of amides is 2. The zero-order chi connectivity index (χ0) is 22.2. The lowest BCUT2D eigenvalue weighted by atomic mass is 9.92. The average Bonchev–Trinajstić information content (AvgIpc) is 3.67. The highest BCUT2D eigenvalue weighted by Gasteiger charge is 2.35. The molecule has 6 nitrogen and oxygen atoms in total. The van der Waals surface area contributed by atoms with E-state index in [4.69, 9.17) is 0 Å². The summed E-state index contributed by atoms with van der Waals surface area (Å²) in [6.45, 7) is 1.89.